The topological polar surface area (TPSA) is 115 Å². The molecule has 0 heterocycles. The van der Waals surface area contributed by atoms with Gasteiger partial charge in [0.05, 0.1) is 0 Å². The van der Waals surface area contributed by atoms with Gasteiger partial charge in [0.2, 0.25) is 6.10 Å². The molecule has 0 aliphatic carbocycles. The van der Waals surface area contributed by atoms with Crippen LogP contribution in [0.2, 0.25) is 0 Å². The summed E-state index contributed by atoms with van der Waals surface area (Å²) < 4.78 is 0. The van der Waals surface area contributed by atoms with Crippen molar-refractivity contribution in [2.24, 2.45) is 5.34 Å². The van der Waals surface area contributed by atoms with Crippen molar-refractivity contribution >= 4 is 12.0 Å². The second kappa shape index (κ2) is 17.7. The Balaban J connectivity index is -0.0000000720. The van der Waals surface area contributed by atoms with Crippen molar-refractivity contribution < 1.29 is 64.3 Å². The van der Waals surface area contributed by atoms with Crippen molar-refractivity contribution in [3.05, 3.63) is 10.3 Å². The number of carboxylic acids is 1. The summed E-state index contributed by atoms with van der Waals surface area (Å²) in [5.41, 5.74) is 0. The molecular weight excluding hydrogens is 372 g/mol. The molecule has 7 nitrogen and oxygen atoms in total. The zero-order chi connectivity index (χ0) is 9.28. The van der Waals surface area contributed by atoms with Gasteiger partial charge in [-0.15, -0.1) is 4.91 Å². The molecule has 0 aromatic heterocycles. The molecule has 0 aromatic rings. The first-order valence-electron chi connectivity index (χ1n) is 2.32. The van der Waals surface area contributed by atoms with E-state index in [1.165, 1.54) is 6.92 Å². The van der Waals surface area contributed by atoms with E-state index >= 15 is 0 Å². The van der Waals surface area contributed by atoms with Gasteiger partial charge in [-0.3, -0.25) is 4.79 Å². The maximum absolute atomic E-state index is 9.77. The summed E-state index contributed by atoms with van der Waals surface area (Å²) >= 11 is 0. The van der Waals surface area contributed by atoms with Gasteiger partial charge in [0.15, 0.2) is 5.34 Å². The maximum Gasteiger partial charge on any atom is 1.00 e. The van der Waals surface area contributed by atoms with Gasteiger partial charge in [0.25, 0.3) is 0 Å². The van der Waals surface area contributed by atoms with E-state index in [2.05, 4.69) is 4.84 Å². The van der Waals surface area contributed by atoms with E-state index in [0.717, 1.165) is 0 Å². The smallest absolute Gasteiger partial charge is 0.724 e. The minimum absolute atomic E-state index is 0. The first-order valence-corrected chi connectivity index (χ1v) is 2.32. The third-order valence-corrected chi connectivity index (χ3v) is 0.549. The third kappa shape index (κ3) is 24.5. The number of hydrogen-bond donors (Lipinski definition) is 1. The number of carboxylic acid groups (broad SMARTS) is 1. The van der Waals surface area contributed by atoms with Crippen molar-refractivity contribution in [2.45, 2.75) is 13.0 Å². The Kier molecular flexibility index (Phi) is 31.3. The second-order valence-electron chi connectivity index (χ2n) is 1.25. The van der Waals surface area contributed by atoms with Crippen LogP contribution in [0.4, 0.5) is 0 Å². The molecule has 9 heteroatoms. The van der Waals surface area contributed by atoms with E-state index < -0.39 is 12.1 Å². The first kappa shape index (κ1) is 23.0. The van der Waals surface area contributed by atoms with E-state index in [1.54, 1.807) is 0 Å². The number of rotatable bonds is 3. The van der Waals surface area contributed by atoms with Crippen molar-refractivity contribution in [3.8, 4) is 0 Å². The fraction of sp³-hybridized carbons (Fsp3) is 0.500. The summed E-state index contributed by atoms with van der Waals surface area (Å²) in [6.45, 7) is 1.21. The van der Waals surface area contributed by atoms with Gasteiger partial charge in [-0.1, -0.05) is 0 Å². The molecule has 82 valence electrons. The summed E-state index contributed by atoms with van der Waals surface area (Å²) in [6, 6.07) is 0. The minimum atomic E-state index is -1.20. The Morgan fingerprint density at radius 3 is 2.00 bits per heavy atom. The number of hydrogen-bond acceptors (Lipinski definition) is 5. The zero-order valence-corrected chi connectivity index (χ0v) is 9.12. The van der Waals surface area contributed by atoms with E-state index in [9.17, 15) is 9.70 Å². The summed E-state index contributed by atoms with van der Waals surface area (Å²) in [4.78, 5) is 31.0. The first-order chi connectivity index (χ1) is 5.09. The van der Waals surface area contributed by atoms with Gasteiger partial charge in [-0.2, -0.15) is 0 Å². The molecule has 1 unspecified atom stereocenters. The Hall–Kier alpha value is -0.269. The molecule has 0 fully saturated rings. The zero-order valence-electron chi connectivity index (χ0n) is 6.16. The maximum atomic E-state index is 9.77. The predicted molar refractivity (Wildman–Crippen MR) is 33.0 cm³/mol. The van der Waals surface area contributed by atoms with E-state index in [-0.39, 0.29) is 44.8 Å². The van der Waals surface area contributed by atoms with Crippen LogP contribution in [0.3, 0.4) is 0 Å². The molecule has 0 spiro atoms. The fourth-order valence-electron chi connectivity index (χ4n) is 0.110. The second-order valence-corrected chi connectivity index (χ2v) is 1.25. The monoisotopic (exact) mass is 375 g/mol. The van der Waals surface area contributed by atoms with Crippen molar-refractivity contribution in [1.29, 1.82) is 0 Å². The third-order valence-electron chi connectivity index (χ3n) is 0.549. The Morgan fingerprint density at radius 2 is 1.92 bits per heavy atom. The molecule has 0 rings (SSSR count). The summed E-state index contributed by atoms with van der Waals surface area (Å²) in [7, 11) is 0. The Bertz CT molecular complexity index is 170. The van der Waals surface area contributed by atoms with E-state index in [0.29, 0.717) is 6.08 Å². The molecule has 1 atom stereocenters. The van der Waals surface area contributed by atoms with Crippen molar-refractivity contribution in [2.75, 3.05) is 0 Å². The molecule has 13 heavy (non-hydrogen) atoms. The molecule has 1 N–H and O–H groups in total. The molecule has 0 aliphatic rings. The van der Waals surface area contributed by atoms with E-state index in [1.807, 2.05) is 5.34 Å². The SMILES string of the molecule is CC(ON=O)C(=O)O.[Ag+].[Ag+].[N-]=C=O. The number of isocyanates is 1. The molecule has 0 saturated carbocycles. The summed E-state index contributed by atoms with van der Waals surface area (Å²) in [5.74, 6) is -1.20. The van der Waals surface area contributed by atoms with Gasteiger partial charge in [0, 0.05) is 0 Å². The summed E-state index contributed by atoms with van der Waals surface area (Å²) in [5, 5.41) is 16.7. The Morgan fingerprint density at radius 1 is 1.62 bits per heavy atom. The number of carbonyl (C=O) groups excluding carboxylic acids is 1. The minimum Gasteiger partial charge on any atom is -0.724 e. The molecule has 0 aromatic carbocycles. The van der Waals surface area contributed by atoms with Crippen LogP contribution in [0.15, 0.2) is 5.34 Å². The van der Waals surface area contributed by atoms with Crippen LogP contribution in [0.25, 0.3) is 5.41 Å². The summed E-state index contributed by atoms with van der Waals surface area (Å²) in [6.07, 6.45) is -0.646. The average molecular weight is 377 g/mol. The van der Waals surface area contributed by atoms with Gasteiger partial charge in [-0.05, 0) is 13.0 Å². The van der Waals surface area contributed by atoms with Crippen LogP contribution in [0.1, 0.15) is 6.92 Å². The predicted octanol–water partition coefficient (Wildman–Crippen LogP) is 0.0441. The molecule has 0 radical (unpaired) electrons. The largest absolute Gasteiger partial charge is 1.00 e. The average Bonchev–Trinajstić information content (AvgIpc) is 1.90. The van der Waals surface area contributed by atoms with Gasteiger partial charge in [0.1, 0.15) is 0 Å². The molecule has 0 amide bonds. The number of aliphatic carboxylic acids is 1. The van der Waals surface area contributed by atoms with Crippen molar-refractivity contribution in [3.63, 3.8) is 0 Å². The normalized spacial score (nSPS) is 8.08. The van der Waals surface area contributed by atoms with Crippen LogP contribution in [-0.2, 0) is 59.2 Å². The molecular formula is C4H5Ag2N2O5+. The van der Waals surface area contributed by atoms with Crippen molar-refractivity contribution in [1.82, 2.24) is 0 Å². The van der Waals surface area contributed by atoms with Crippen LogP contribution in [0, 0.1) is 4.91 Å². The molecule has 0 aliphatic heterocycles. The quantitative estimate of drug-likeness (QED) is 0.245. The standard InChI is InChI=1S/C3H5NO4.CNO.2Ag/c1-2(3(5)6)8-4-7;2-1-3;;/h2H,1H3,(H,5,6);;;/q;-1;2*+1. The van der Waals surface area contributed by atoms with Crippen LogP contribution < -0.4 is 0 Å². The van der Waals surface area contributed by atoms with Gasteiger partial charge >= 0.3 is 50.7 Å². The fourth-order valence-corrected chi connectivity index (χ4v) is 0.110. The van der Waals surface area contributed by atoms with Crippen LogP contribution in [0.5, 0.6) is 0 Å². The van der Waals surface area contributed by atoms with Crippen LogP contribution in [-0.4, -0.2) is 23.3 Å². The van der Waals surface area contributed by atoms with Crippen LogP contribution >= 0.6 is 0 Å². The Labute approximate surface area is 105 Å². The van der Waals surface area contributed by atoms with Gasteiger partial charge in [-0.25, -0.2) is 4.79 Å². The van der Waals surface area contributed by atoms with Gasteiger partial charge < -0.3 is 15.4 Å². The molecule has 0 saturated heterocycles. The number of carbonyl (C=O) groups is 1. The number of nitrogens with zero attached hydrogens (tertiary/aromatic N) is 2. The van der Waals surface area contributed by atoms with E-state index in [4.69, 9.17) is 15.3 Å². The molecule has 0 bridgehead atoms.